The van der Waals surface area contributed by atoms with Crippen LogP contribution in [0.1, 0.15) is 52.4 Å². The van der Waals surface area contributed by atoms with Gasteiger partial charge in [-0.1, -0.05) is 26.7 Å². The monoisotopic (exact) mass is 266 g/mol. The summed E-state index contributed by atoms with van der Waals surface area (Å²) in [5.41, 5.74) is 0. The van der Waals surface area contributed by atoms with Crippen LogP contribution in [0.15, 0.2) is 0 Å². The normalized spacial score (nSPS) is 23.2. The smallest absolute Gasteiger partial charge is 0.225 e. The quantitative estimate of drug-likeness (QED) is 0.781. The van der Waals surface area contributed by atoms with Gasteiger partial charge in [0.25, 0.3) is 0 Å². The third-order valence-electron chi connectivity index (χ3n) is 4.94. The summed E-state index contributed by atoms with van der Waals surface area (Å²) in [7, 11) is 1.99. The van der Waals surface area contributed by atoms with Crippen molar-refractivity contribution in [3.63, 3.8) is 0 Å². The molecule has 3 heteroatoms. The van der Waals surface area contributed by atoms with Crippen molar-refractivity contribution in [1.82, 2.24) is 9.80 Å². The van der Waals surface area contributed by atoms with E-state index in [2.05, 4.69) is 4.90 Å². The lowest BCUT2D eigenvalue weighted by molar-refractivity contribution is -0.136. The fourth-order valence-electron chi connectivity index (χ4n) is 3.63. The number of carbonyl (C=O) groups is 1. The van der Waals surface area contributed by atoms with Gasteiger partial charge in [-0.15, -0.1) is 0 Å². The molecule has 2 aliphatic rings. The maximum Gasteiger partial charge on any atom is 0.225 e. The molecule has 1 saturated heterocycles. The van der Waals surface area contributed by atoms with Crippen LogP contribution in [0.4, 0.5) is 0 Å². The van der Waals surface area contributed by atoms with Crippen LogP contribution in [0.2, 0.25) is 0 Å². The number of carbonyl (C=O) groups excluding carboxylic acids is 1. The summed E-state index contributed by atoms with van der Waals surface area (Å²) in [5, 5.41) is 0. The van der Waals surface area contributed by atoms with Gasteiger partial charge < -0.3 is 9.80 Å². The first-order valence-corrected chi connectivity index (χ1v) is 8.07. The zero-order valence-corrected chi connectivity index (χ0v) is 12.9. The average molecular weight is 266 g/mol. The van der Waals surface area contributed by atoms with Crippen LogP contribution in [0.3, 0.4) is 0 Å². The molecule has 0 N–H and O–H groups in total. The van der Waals surface area contributed by atoms with Gasteiger partial charge in [0.15, 0.2) is 0 Å². The molecule has 3 nitrogen and oxygen atoms in total. The Balaban J connectivity index is 1.73. The molecule has 0 aromatic heterocycles. The second kappa shape index (κ2) is 6.74. The molecule has 1 amide bonds. The van der Waals surface area contributed by atoms with E-state index in [1.54, 1.807) is 0 Å². The number of nitrogens with zero attached hydrogens (tertiary/aromatic N) is 2. The predicted octanol–water partition coefficient (Wildman–Crippen LogP) is 2.76. The van der Waals surface area contributed by atoms with Crippen LogP contribution in [-0.2, 0) is 4.79 Å². The number of hydrogen-bond acceptors (Lipinski definition) is 2. The van der Waals surface area contributed by atoms with E-state index in [1.807, 2.05) is 25.8 Å². The summed E-state index contributed by atoms with van der Waals surface area (Å²) in [5.74, 6) is 1.38. The second-order valence-corrected chi connectivity index (χ2v) is 6.79. The predicted molar refractivity (Wildman–Crippen MR) is 79.0 cm³/mol. The molecule has 2 rings (SSSR count). The van der Waals surface area contributed by atoms with Crippen molar-refractivity contribution in [1.29, 1.82) is 0 Å². The Kier molecular flexibility index (Phi) is 5.26. The van der Waals surface area contributed by atoms with Crippen molar-refractivity contribution < 1.29 is 4.79 Å². The van der Waals surface area contributed by atoms with Crippen LogP contribution in [0.25, 0.3) is 0 Å². The van der Waals surface area contributed by atoms with Crippen LogP contribution < -0.4 is 0 Å². The number of hydrogen-bond donors (Lipinski definition) is 0. The van der Waals surface area contributed by atoms with Gasteiger partial charge in [0.1, 0.15) is 0 Å². The van der Waals surface area contributed by atoms with Crippen molar-refractivity contribution in [3.8, 4) is 0 Å². The molecular formula is C16H30N2O. The minimum atomic E-state index is 0.126. The lowest BCUT2D eigenvalue weighted by Crippen LogP contribution is -2.47. The van der Waals surface area contributed by atoms with Crippen molar-refractivity contribution in [2.45, 2.75) is 58.4 Å². The summed E-state index contributed by atoms with van der Waals surface area (Å²) >= 11 is 0. The molecule has 1 aliphatic heterocycles. The Hall–Kier alpha value is -0.570. The van der Waals surface area contributed by atoms with E-state index in [0.29, 0.717) is 11.9 Å². The number of amides is 1. The number of likely N-dealkylation sites (tertiary alicyclic amines) is 1. The Morgan fingerprint density at radius 2 is 1.74 bits per heavy atom. The maximum absolute atomic E-state index is 12.0. The van der Waals surface area contributed by atoms with Gasteiger partial charge in [0, 0.05) is 38.6 Å². The first-order valence-electron chi connectivity index (χ1n) is 8.07. The van der Waals surface area contributed by atoms with Crippen LogP contribution in [0.5, 0.6) is 0 Å². The van der Waals surface area contributed by atoms with Gasteiger partial charge >= 0.3 is 0 Å². The lowest BCUT2D eigenvalue weighted by atomic mass is 10.00. The molecule has 2 fully saturated rings. The molecule has 0 unspecified atom stereocenters. The largest absolute Gasteiger partial charge is 0.342 e. The lowest BCUT2D eigenvalue weighted by Gasteiger charge is -2.38. The summed E-state index contributed by atoms with van der Waals surface area (Å²) in [6, 6.07) is 0.467. The first kappa shape index (κ1) is 14.8. The summed E-state index contributed by atoms with van der Waals surface area (Å²) in [6.07, 6.45) is 8.06. The average Bonchev–Trinajstić information content (AvgIpc) is 2.90. The van der Waals surface area contributed by atoms with Gasteiger partial charge in [-0.25, -0.2) is 0 Å². The van der Waals surface area contributed by atoms with Crippen molar-refractivity contribution in [2.24, 2.45) is 11.8 Å². The molecular weight excluding hydrogens is 236 g/mol. The molecule has 0 aromatic carbocycles. The highest BCUT2D eigenvalue weighted by Crippen LogP contribution is 2.27. The van der Waals surface area contributed by atoms with E-state index in [-0.39, 0.29) is 5.92 Å². The molecule has 1 aliphatic carbocycles. The van der Waals surface area contributed by atoms with Crippen molar-refractivity contribution in [2.75, 3.05) is 26.7 Å². The van der Waals surface area contributed by atoms with E-state index in [1.165, 1.54) is 45.3 Å². The Morgan fingerprint density at radius 3 is 2.26 bits per heavy atom. The molecule has 0 bridgehead atoms. The van der Waals surface area contributed by atoms with E-state index >= 15 is 0 Å². The highest BCUT2D eigenvalue weighted by Gasteiger charge is 2.27. The molecule has 0 atom stereocenters. The Morgan fingerprint density at radius 1 is 1.16 bits per heavy atom. The van der Waals surface area contributed by atoms with Crippen molar-refractivity contribution >= 4 is 5.91 Å². The van der Waals surface area contributed by atoms with Gasteiger partial charge in [0.05, 0.1) is 0 Å². The molecule has 0 aromatic rings. The molecule has 0 spiro atoms. The fourth-order valence-corrected chi connectivity index (χ4v) is 3.63. The highest BCUT2D eigenvalue weighted by atomic mass is 16.2. The molecule has 110 valence electrons. The van der Waals surface area contributed by atoms with Crippen LogP contribution in [-0.4, -0.2) is 48.4 Å². The number of piperidine rings is 1. The van der Waals surface area contributed by atoms with E-state index in [4.69, 9.17) is 0 Å². The zero-order chi connectivity index (χ0) is 13.8. The van der Waals surface area contributed by atoms with E-state index in [9.17, 15) is 4.79 Å². The summed E-state index contributed by atoms with van der Waals surface area (Å²) in [6.45, 7) is 7.64. The van der Waals surface area contributed by atoms with E-state index < -0.39 is 0 Å². The van der Waals surface area contributed by atoms with Crippen LogP contribution in [0, 0.1) is 11.8 Å². The third-order valence-corrected chi connectivity index (χ3v) is 4.94. The summed E-state index contributed by atoms with van der Waals surface area (Å²) in [4.78, 5) is 16.6. The minimum Gasteiger partial charge on any atom is -0.342 e. The molecule has 1 saturated carbocycles. The third kappa shape index (κ3) is 3.95. The number of rotatable bonds is 4. The second-order valence-electron chi connectivity index (χ2n) is 6.79. The van der Waals surface area contributed by atoms with Crippen LogP contribution >= 0.6 is 0 Å². The summed E-state index contributed by atoms with van der Waals surface area (Å²) < 4.78 is 0. The minimum absolute atomic E-state index is 0.126. The van der Waals surface area contributed by atoms with Gasteiger partial charge in [-0.05, 0) is 31.6 Å². The maximum atomic E-state index is 12.0. The zero-order valence-electron chi connectivity index (χ0n) is 12.9. The van der Waals surface area contributed by atoms with Gasteiger partial charge in [0.2, 0.25) is 5.91 Å². The highest BCUT2D eigenvalue weighted by molar-refractivity contribution is 5.78. The van der Waals surface area contributed by atoms with E-state index in [0.717, 1.165) is 18.8 Å². The molecule has 1 heterocycles. The van der Waals surface area contributed by atoms with Crippen molar-refractivity contribution in [3.05, 3.63) is 0 Å². The standard InChI is InChI=1S/C16H30N2O/c1-13(2)16(19)17(3)15-8-10-18(11-9-15)12-14-6-4-5-7-14/h13-15H,4-12H2,1-3H3. The van der Waals surface area contributed by atoms with Gasteiger partial charge in [-0.3, -0.25) is 4.79 Å². The Bertz CT molecular complexity index is 289. The SMILES string of the molecule is CC(C)C(=O)N(C)C1CCN(CC2CCCC2)CC1. The molecule has 0 radical (unpaired) electrons. The van der Waals surface area contributed by atoms with Gasteiger partial charge in [-0.2, -0.15) is 0 Å². The topological polar surface area (TPSA) is 23.6 Å². The Labute approximate surface area is 118 Å². The molecule has 19 heavy (non-hydrogen) atoms. The fraction of sp³-hybridized carbons (Fsp3) is 0.938. The first-order chi connectivity index (χ1) is 9.08.